The summed E-state index contributed by atoms with van der Waals surface area (Å²) >= 11 is 3.34. The monoisotopic (exact) mass is 353 g/mol. The van der Waals surface area contributed by atoms with Gasteiger partial charge in [0.15, 0.2) is 5.16 Å². The number of aromatic nitrogens is 2. The van der Waals surface area contributed by atoms with Crippen LogP contribution in [0, 0.1) is 0 Å². The Hall–Kier alpha value is -0.890. The number of thioether (sulfide) groups is 1. The Kier molecular flexibility index (Phi) is 4.83. The fraction of sp³-hybridized carbons (Fsp3) is 0.625. The highest BCUT2D eigenvalue weighted by Gasteiger charge is 2.31. The van der Waals surface area contributed by atoms with Gasteiger partial charge in [0, 0.05) is 11.3 Å². The predicted molar refractivity (Wildman–Crippen MR) is 97.9 cm³/mol. The number of thiophene rings is 1. The van der Waals surface area contributed by atoms with Crippen molar-refractivity contribution in [2.75, 3.05) is 38.8 Å². The minimum Gasteiger partial charge on any atom is -0.370 e. The molecule has 0 bridgehead atoms. The highest BCUT2D eigenvalue weighted by molar-refractivity contribution is 7.98. The Morgan fingerprint density at radius 1 is 1.35 bits per heavy atom. The van der Waals surface area contributed by atoms with Crippen molar-refractivity contribution in [2.24, 2.45) is 0 Å². The maximum Gasteiger partial charge on any atom is 0.190 e. The van der Waals surface area contributed by atoms with Crippen LogP contribution in [0.3, 0.4) is 0 Å². The second kappa shape index (κ2) is 6.55. The van der Waals surface area contributed by atoms with Crippen molar-refractivity contribution in [3.05, 3.63) is 10.4 Å². The second-order valence-electron chi connectivity index (χ2n) is 6.85. The van der Waals surface area contributed by atoms with Gasteiger partial charge in [-0.25, -0.2) is 9.97 Å². The number of nitrogens with zero attached hydrogens (tertiary/aromatic N) is 2. The maximum absolute atomic E-state index is 5.96. The van der Waals surface area contributed by atoms with Gasteiger partial charge in [-0.2, -0.15) is 0 Å². The van der Waals surface area contributed by atoms with Crippen LogP contribution < -0.4 is 10.2 Å². The smallest absolute Gasteiger partial charge is 0.190 e. The minimum absolute atomic E-state index is 0.121. The van der Waals surface area contributed by atoms with Crippen LogP contribution in [-0.4, -0.2) is 49.0 Å². The fourth-order valence-electron chi connectivity index (χ4n) is 2.78. The van der Waals surface area contributed by atoms with Crippen LogP contribution in [0.1, 0.15) is 24.3 Å². The van der Waals surface area contributed by atoms with E-state index in [2.05, 4.69) is 33.3 Å². The SMILES string of the molecule is CSc1nc(NCC[NH+](C)C)c2c3c(sc2n1)COC(C)(C)C3. The van der Waals surface area contributed by atoms with Gasteiger partial charge in [-0.05, 0) is 25.7 Å². The first-order chi connectivity index (χ1) is 10.9. The summed E-state index contributed by atoms with van der Waals surface area (Å²) < 4.78 is 5.96. The number of nitrogens with one attached hydrogen (secondary N) is 2. The van der Waals surface area contributed by atoms with Gasteiger partial charge in [-0.15, -0.1) is 11.3 Å². The first-order valence-electron chi connectivity index (χ1n) is 7.93. The highest BCUT2D eigenvalue weighted by Crippen LogP contribution is 2.41. The molecule has 3 heterocycles. The Balaban J connectivity index is 2.03. The van der Waals surface area contributed by atoms with Crippen molar-refractivity contribution in [1.82, 2.24) is 9.97 Å². The lowest BCUT2D eigenvalue weighted by Gasteiger charge is -2.30. The first-order valence-corrected chi connectivity index (χ1v) is 9.97. The number of quaternary nitrogens is 1. The van der Waals surface area contributed by atoms with Gasteiger partial charge in [0.05, 0.1) is 44.8 Å². The molecule has 2 aromatic heterocycles. The number of anilines is 1. The van der Waals surface area contributed by atoms with Gasteiger partial charge < -0.3 is 15.0 Å². The zero-order valence-electron chi connectivity index (χ0n) is 14.4. The molecular weight excluding hydrogens is 328 g/mol. The van der Waals surface area contributed by atoms with E-state index < -0.39 is 0 Å². The van der Waals surface area contributed by atoms with Crippen molar-refractivity contribution in [3.8, 4) is 0 Å². The van der Waals surface area contributed by atoms with E-state index >= 15 is 0 Å². The molecule has 3 rings (SSSR count). The number of likely N-dealkylation sites (N-methyl/N-ethyl adjacent to an activating group) is 1. The van der Waals surface area contributed by atoms with Crippen molar-refractivity contribution in [2.45, 2.75) is 37.6 Å². The minimum atomic E-state index is -0.121. The predicted octanol–water partition coefficient (Wildman–Crippen LogP) is 1.82. The van der Waals surface area contributed by atoms with Gasteiger partial charge in [-0.3, -0.25) is 0 Å². The third-order valence-corrected chi connectivity index (χ3v) is 5.66. The lowest BCUT2D eigenvalue weighted by atomic mass is 9.94. The van der Waals surface area contributed by atoms with Gasteiger partial charge >= 0.3 is 0 Å². The van der Waals surface area contributed by atoms with Gasteiger partial charge in [0.2, 0.25) is 0 Å². The van der Waals surface area contributed by atoms with Crippen molar-refractivity contribution in [3.63, 3.8) is 0 Å². The molecule has 0 fully saturated rings. The number of ether oxygens (including phenoxy) is 1. The van der Waals surface area contributed by atoms with Crippen molar-refractivity contribution < 1.29 is 9.64 Å². The van der Waals surface area contributed by atoms with Crippen molar-refractivity contribution in [1.29, 1.82) is 0 Å². The molecule has 0 radical (unpaired) electrons. The van der Waals surface area contributed by atoms with E-state index in [9.17, 15) is 0 Å². The summed E-state index contributed by atoms with van der Waals surface area (Å²) in [6.07, 6.45) is 2.94. The van der Waals surface area contributed by atoms with Crippen LogP contribution in [0.5, 0.6) is 0 Å². The average Bonchev–Trinajstić information content (AvgIpc) is 2.83. The quantitative estimate of drug-likeness (QED) is 0.634. The molecular formula is C16H25N4OS2+. The third kappa shape index (κ3) is 3.63. The average molecular weight is 354 g/mol. The Bertz CT molecular complexity index is 712. The van der Waals surface area contributed by atoms with Crippen LogP contribution >= 0.6 is 23.1 Å². The highest BCUT2D eigenvalue weighted by atomic mass is 32.2. The summed E-state index contributed by atoms with van der Waals surface area (Å²) in [6, 6.07) is 0. The number of fused-ring (bicyclic) bond motifs is 3. The van der Waals surface area contributed by atoms with Crippen LogP contribution in [0.2, 0.25) is 0 Å². The number of hydrogen-bond donors (Lipinski definition) is 2. The lowest BCUT2D eigenvalue weighted by molar-refractivity contribution is -0.856. The molecule has 2 N–H and O–H groups in total. The van der Waals surface area contributed by atoms with Crippen molar-refractivity contribution >= 4 is 39.1 Å². The summed E-state index contributed by atoms with van der Waals surface area (Å²) in [7, 11) is 4.33. The number of rotatable bonds is 5. The van der Waals surface area contributed by atoms with E-state index in [1.165, 1.54) is 20.7 Å². The molecule has 2 aromatic rings. The number of hydrogen-bond acceptors (Lipinski definition) is 6. The summed E-state index contributed by atoms with van der Waals surface area (Å²) in [6.45, 7) is 6.95. The Morgan fingerprint density at radius 3 is 2.83 bits per heavy atom. The first kappa shape index (κ1) is 17.0. The molecule has 1 aliphatic rings. The van der Waals surface area contributed by atoms with E-state index in [1.807, 2.05) is 6.26 Å². The second-order valence-corrected chi connectivity index (χ2v) is 8.71. The van der Waals surface area contributed by atoms with Crippen LogP contribution in [0.15, 0.2) is 5.16 Å². The molecule has 7 heteroatoms. The largest absolute Gasteiger partial charge is 0.370 e. The van der Waals surface area contributed by atoms with E-state index in [1.54, 1.807) is 23.1 Å². The third-order valence-electron chi connectivity index (χ3n) is 4.01. The fourth-order valence-corrected chi connectivity index (χ4v) is 4.30. The van der Waals surface area contributed by atoms with E-state index in [0.717, 1.165) is 35.3 Å². The van der Waals surface area contributed by atoms with E-state index in [4.69, 9.17) is 14.7 Å². The molecule has 23 heavy (non-hydrogen) atoms. The normalized spacial score (nSPS) is 16.8. The molecule has 126 valence electrons. The molecule has 0 unspecified atom stereocenters. The molecule has 0 saturated heterocycles. The molecule has 0 atom stereocenters. The Labute approximate surface area is 145 Å². The van der Waals surface area contributed by atoms with Crippen LogP contribution in [0.25, 0.3) is 10.2 Å². The zero-order valence-corrected chi connectivity index (χ0v) is 16.1. The molecule has 0 saturated carbocycles. The summed E-state index contributed by atoms with van der Waals surface area (Å²) in [5, 5.41) is 5.57. The lowest BCUT2D eigenvalue weighted by Crippen LogP contribution is -3.06. The molecule has 0 amide bonds. The van der Waals surface area contributed by atoms with Crippen LogP contribution in [-0.2, 0) is 17.8 Å². The molecule has 0 aliphatic carbocycles. The molecule has 0 aromatic carbocycles. The molecule has 1 aliphatic heterocycles. The van der Waals surface area contributed by atoms with E-state index in [0.29, 0.717) is 6.61 Å². The summed E-state index contributed by atoms with van der Waals surface area (Å²) in [4.78, 5) is 13.3. The summed E-state index contributed by atoms with van der Waals surface area (Å²) in [5.74, 6) is 0.982. The van der Waals surface area contributed by atoms with Gasteiger partial charge in [-0.1, -0.05) is 11.8 Å². The molecule has 5 nitrogen and oxygen atoms in total. The topological polar surface area (TPSA) is 51.5 Å². The summed E-state index contributed by atoms with van der Waals surface area (Å²) in [5.41, 5.74) is 1.25. The van der Waals surface area contributed by atoms with Gasteiger partial charge in [0.1, 0.15) is 10.6 Å². The van der Waals surface area contributed by atoms with Gasteiger partial charge in [0.25, 0.3) is 0 Å². The van der Waals surface area contributed by atoms with E-state index in [-0.39, 0.29) is 5.60 Å². The standard InChI is InChI=1S/C16H24N4OS2/c1-16(2)8-10-11(9-21-16)23-14-12(10)13(17-6-7-20(3)4)18-15(19-14)22-5/h6-9H2,1-5H3,(H,17,18,19)/p+1. The molecule has 0 spiro atoms. The van der Waals surface area contributed by atoms with Crippen LogP contribution in [0.4, 0.5) is 5.82 Å². The maximum atomic E-state index is 5.96. The Morgan fingerprint density at radius 2 is 2.13 bits per heavy atom. The zero-order chi connectivity index (χ0) is 16.6.